The van der Waals surface area contributed by atoms with Gasteiger partial charge in [0.05, 0.1) is 0 Å². The SMILES string of the molecule is CC(=O)C[C@](C)(C[S@](=O)C(C)(C)C)c1cc(Br)ccn1. The molecule has 0 N–H and O–H groups in total. The van der Waals surface area contributed by atoms with Crippen molar-refractivity contribution in [2.45, 2.75) is 51.2 Å². The van der Waals surface area contributed by atoms with Gasteiger partial charge in [-0.3, -0.25) is 14.0 Å². The minimum Gasteiger partial charge on any atom is -0.300 e. The molecule has 0 fully saturated rings. The Bertz CT molecular complexity index is 525. The molecule has 0 spiro atoms. The third kappa shape index (κ3) is 4.77. The van der Waals surface area contributed by atoms with Crippen LogP contribution in [-0.4, -0.2) is 25.5 Å². The molecule has 1 heterocycles. The highest BCUT2D eigenvalue weighted by molar-refractivity contribution is 9.10. The fourth-order valence-electron chi connectivity index (χ4n) is 2.01. The van der Waals surface area contributed by atoms with E-state index in [4.69, 9.17) is 0 Å². The van der Waals surface area contributed by atoms with Gasteiger partial charge in [0, 0.05) is 49.5 Å². The van der Waals surface area contributed by atoms with Crippen LogP contribution in [0.1, 0.15) is 46.7 Å². The molecule has 2 atom stereocenters. The minimum absolute atomic E-state index is 0.0835. The van der Waals surface area contributed by atoms with Crippen LogP contribution in [0.15, 0.2) is 22.8 Å². The zero-order valence-electron chi connectivity index (χ0n) is 12.7. The number of halogens is 1. The second-order valence-corrected chi connectivity index (χ2v) is 9.52. The van der Waals surface area contributed by atoms with E-state index in [1.807, 2.05) is 39.8 Å². The molecule has 1 aromatic heterocycles. The predicted molar refractivity (Wildman–Crippen MR) is 87.3 cm³/mol. The van der Waals surface area contributed by atoms with Crippen LogP contribution in [0.2, 0.25) is 0 Å². The number of carbonyl (C=O) groups excluding carboxylic acids is 1. The van der Waals surface area contributed by atoms with E-state index in [1.54, 1.807) is 13.1 Å². The van der Waals surface area contributed by atoms with E-state index >= 15 is 0 Å². The average Bonchev–Trinajstić information content (AvgIpc) is 2.26. The summed E-state index contributed by atoms with van der Waals surface area (Å²) in [4.78, 5) is 16.0. The van der Waals surface area contributed by atoms with Crippen LogP contribution < -0.4 is 0 Å². The molecule has 112 valence electrons. The maximum absolute atomic E-state index is 12.5. The Hall–Kier alpha value is -0.550. The number of Topliss-reactive ketones (excluding diaryl/α,β-unsaturated/α-hetero) is 1. The van der Waals surface area contributed by atoms with Crippen molar-refractivity contribution in [1.29, 1.82) is 0 Å². The molecule has 0 bridgehead atoms. The lowest BCUT2D eigenvalue weighted by Crippen LogP contribution is -2.37. The van der Waals surface area contributed by atoms with Crippen molar-refractivity contribution < 1.29 is 9.00 Å². The first-order valence-electron chi connectivity index (χ1n) is 6.54. The molecular weight excluding hydrogens is 338 g/mol. The maximum atomic E-state index is 12.5. The zero-order chi connectivity index (χ0) is 15.6. The van der Waals surface area contributed by atoms with Crippen LogP contribution in [0.4, 0.5) is 0 Å². The molecule has 5 heteroatoms. The average molecular weight is 360 g/mol. The Balaban J connectivity index is 3.16. The van der Waals surface area contributed by atoms with E-state index in [2.05, 4.69) is 20.9 Å². The molecule has 0 aromatic carbocycles. The van der Waals surface area contributed by atoms with Crippen molar-refractivity contribution >= 4 is 32.5 Å². The van der Waals surface area contributed by atoms with Crippen molar-refractivity contribution in [3.63, 3.8) is 0 Å². The molecule has 20 heavy (non-hydrogen) atoms. The van der Waals surface area contributed by atoms with Gasteiger partial charge in [0.2, 0.25) is 0 Å². The highest BCUT2D eigenvalue weighted by atomic mass is 79.9. The number of carbonyl (C=O) groups is 1. The lowest BCUT2D eigenvalue weighted by atomic mass is 9.83. The van der Waals surface area contributed by atoms with Gasteiger partial charge in [0.15, 0.2) is 0 Å². The summed E-state index contributed by atoms with van der Waals surface area (Å²) in [5, 5.41) is 0. The molecule has 0 radical (unpaired) electrons. The molecule has 0 unspecified atom stereocenters. The fourth-order valence-corrected chi connectivity index (χ4v) is 3.60. The number of hydrogen-bond donors (Lipinski definition) is 0. The number of rotatable bonds is 5. The van der Waals surface area contributed by atoms with Crippen LogP contribution >= 0.6 is 15.9 Å². The van der Waals surface area contributed by atoms with Crippen LogP contribution in [0, 0.1) is 0 Å². The Morgan fingerprint density at radius 2 is 1.95 bits per heavy atom. The molecular formula is C15H22BrNO2S. The van der Waals surface area contributed by atoms with Gasteiger partial charge in [-0.25, -0.2) is 0 Å². The van der Waals surface area contributed by atoms with E-state index in [0.29, 0.717) is 12.2 Å². The lowest BCUT2D eigenvalue weighted by molar-refractivity contribution is -0.118. The molecule has 0 aliphatic heterocycles. The van der Waals surface area contributed by atoms with Crippen molar-refractivity contribution in [3.05, 3.63) is 28.5 Å². The summed E-state index contributed by atoms with van der Waals surface area (Å²) < 4.78 is 13.1. The highest BCUT2D eigenvalue weighted by Gasteiger charge is 2.35. The molecule has 0 amide bonds. The Kier molecular flexibility index (Phi) is 5.67. The van der Waals surface area contributed by atoms with Crippen molar-refractivity contribution in [2.75, 3.05) is 5.75 Å². The first-order valence-corrected chi connectivity index (χ1v) is 8.66. The van der Waals surface area contributed by atoms with Crippen LogP contribution in [0.5, 0.6) is 0 Å². The number of pyridine rings is 1. The van der Waals surface area contributed by atoms with Crippen LogP contribution in [0.3, 0.4) is 0 Å². The molecule has 0 saturated heterocycles. The molecule has 0 aliphatic rings. The fraction of sp³-hybridized carbons (Fsp3) is 0.600. The van der Waals surface area contributed by atoms with Crippen molar-refractivity contribution in [2.24, 2.45) is 0 Å². The van der Waals surface area contributed by atoms with E-state index in [0.717, 1.165) is 10.2 Å². The summed E-state index contributed by atoms with van der Waals surface area (Å²) in [6.45, 7) is 9.38. The zero-order valence-corrected chi connectivity index (χ0v) is 15.1. The summed E-state index contributed by atoms with van der Waals surface area (Å²) >= 11 is 3.43. The van der Waals surface area contributed by atoms with Gasteiger partial charge in [-0.05, 0) is 39.8 Å². The van der Waals surface area contributed by atoms with Gasteiger partial charge in [-0.1, -0.05) is 22.9 Å². The standard InChI is InChI=1S/C15H22BrNO2S/c1-11(18)9-15(5,10-20(19)14(2,3)4)13-8-12(16)6-7-17-13/h6-8H,9-10H2,1-5H3/t15-,20+/m1/s1. The van der Waals surface area contributed by atoms with E-state index in [-0.39, 0.29) is 10.5 Å². The van der Waals surface area contributed by atoms with E-state index in [1.165, 1.54) is 0 Å². The van der Waals surface area contributed by atoms with Gasteiger partial charge in [-0.15, -0.1) is 0 Å². The summed E-state index contributed by atoms with van der Waals surface area (Å²) in [7, 11) is -1.04. The minimum atomic E-state index is -1.04. The quantitative estimate of drug-likeness (QED) is 0.806. The summed E-state index contributed by atoms with van der Waals surface area (Å²) in [5.74, 6) is 0.514. The van der Waals surface area contributed by atoms with E-state index in [9.17, 15) is 9.00 Å². The second-order valence-electron chi connectivity index (χ2n) is 6.40. The Morgan fingerprint density at radius 3 is 2.40 bits per heavy atom. The van der Waals surface area contributed by atoms with Gasteiger partial charge in [-0.2, -0.15) is 0 Å². The topological polar surface area (TPSA) is 47.0 Å². The Morgan fingerprint density at radius 1 is 1.35 bits per heavy atom. The largest absolute Gasteiger partial charge is 0.300 e. The highest BCUT2D eigenvalue weighted by Crippen LogP contribution is 2.31. The normalized spacial score (nSPS) is 16.5. The van der Waals surface area contributed by atoms with Gasteiger partial charge in [0.1, 0.15) is 5.78 Å². The number of nitrogens with zero attached hydrogens (tertiary/aromatic N) is 1. The van der Waals surface area contributed by atoms with Gasteiger partial charge in [0.25, 0.3) is 0 Å². The molecule has 0 aliphatic carbocycles. The third-order valence-electron chi connectivity index (χ3n) is 3.11. The third-order valence-corrected chi connectivity index (χ3v) is 5.87. The molecule has 0 saturated carbocycles. The number of ketones is 1. The molecule has 3 nitrogen and oxygen atoms in total. The van der Waals surface area contributed by atoms with Crippen LogP contribution in [-0.2, 0) is 21.0 Å². The van der Waals surface area contributed by atoms with Gasteiger partial charge < -0.3 is 0 Å². The van der Waals surface area contributed by atoms with Gasteiger partial charge >= 0.3 is 0 Å². The first kappa shape index (κ1) is 17.5. The number of aromatic nitrogens is 1. The first-order chi connectivity index (χ1) is 9.04. The summed E-state index contributed by atoms with van der Waals surface area (Å²) in [6, 6.07) is 3.75. The molecule has 1 rings (SSSR count). The summed E-state index contributed by atoms with van der Waals surface area (Å²) in [6.07, 6.45) is 2.05. The van der Waals surface area contributed by atoms with Crippen molar-refractivity contribution in [3.8, 4) is 0 Å². The second kappa shape index (κ2) is 6.48. The van der Waals surface area contributed by atoms with Crippen molar-refractivity contribution in [1.82, 2.24) is 4.98 Å². The Labute approximate surface area is 132 Å². The van der Waals surface area contributed by atoms with E-state index < -0.39 is 16.2 Å². The predicted octanol–water partition coefficient (Wildman–Crippen LogP) is 3.63. The summed E-state index contributed by atoms with van der Waals surface area (Å²) in [5.41, 5.74) is 0.299. The lowest BCUT2D eigenvalue weighted by Gasteiger charge is -2.31. The monoisotopic (exact) mass is 359 g/mol. The smallest absolute Gasteiger partial charge is 0.130 e. The number of hydrogen-bond acceptors (Lipinski definition) is 3. The maximum Gasteiger partial charge on any atom is 0.130 e. The molecule has 1 aromatic rings. The van der Waals surface area contributed by atoms with Crippen LogP contribution in [0.25, 0.3) is 0 Å².